The Morgan fingerprint density at radius 3 is 1.80 bits per heavy atom. The van der Waals surface area contributed by atoms with E-state index in [1.165, 1.54) is 5.56 Å². The van der Waals surface area contributed by atoms with Crippen LogP contribution in [0.3, 0.4) is 0 Å². The zero-order valence-electron chi connectivity index (χ0n) is 14.1. The molecule has 0 aliphatic heterocycles. The molecule has 4 rings (SSSR count). The lowest BCUT2D eigenvalue weighted by Crippen LogP contribution is -1.96. The Kier molecular flexibility index (Phi) is 4.09. The number of aromatic nitrogens is 2. The van der Waals surface area contributed by atoms with Gasteiger partial charge in [-0.15, -0.1) is 0 Å². The second-order valence-electron chi connectivity index (χ2n) is 6.01. The highest BCUT2D eigenvalue weighted by Gasteiger charge is 2.11. The average molecular weight is 322 g/mol. The van der Waals surface area contributed by atoms with Gasteiger partial charge >= 0.3 is 0 Å². The van der Waals surface area contributed by atoms with Crippen LogP contribution in [0.1, 0.15) is 5.56 Å². The van der Waals surface area contributed by atoms with Crippen LogP contribution in [0.15, 0.2) is 91.0 Å². The van der Waals surface area contributed by atoms with E-state index in [-0.39, 0.29) is 0 Å². The number of nitrogens with zero attached hydrogens (tertiary/aromatic N) is 2. The molecule has 0 spiro atoms. The van der Waals surface area contributed by atoms with Gasteiger partial charge < -0.3 is 0 Å². The fourth-order valence-corrected chi connectivity index (χ4v) is 2.92. The molecule has 25 heavy (non-hydrogen) atoms. The van der Waals surface area contributed by atoms with Crippen molar-refractivity contribution >= 4 is 0 Å². The first kappa shape index (κ1) is 15.3. The van der Waals surface area contributed by atoms with Gasteiger partial charge in [0.2, 0.25) is 0 Å². The van der Waals surface area contributed by atoms with E-state index in [1.807, 2.05) is 48.5 Å². The summed E-state index contributed by atoms with van der Waals surface area (Å²) in [6.45, 7) is 2.11. The van der Waals surface area contributed by atoms with Crippen molar-refractivity contribution in [3.63, 3.8) is 0 Å². The van der Waals surface area contributed by atoms with E-state index < -0.39 is 0 Å². The van der Waals surface area contributed by atoms with Crippen molar-refractivity contribution in [2.45, 2.75) is 6.92 Å². The second kappa shape index (κ2) is 6.70. The van der Waals surface area contributed by atoms with Crippen molar-refractivity contribution in [3.05, 3.63) is 96.6 Å². The van der Waals surface area contributed by atoms with Gasteiger partial charge in [-0.1, -0.05) is 84.9 Å². The fraction of sp³-hybridized carbons (Fsp3) is 0.0435. The van der Waals surface area contributed by atoms with E-state index in [1.54, 1.807) is 0 Å². The molecule has 0 N–H and O–H groups in total. The van der Waals surface area contributed by atoms with Crippen molar-refractivity contribution in [2.75, 3.05) is 0 Å². The number of hydrogen-bond acceptors (Lipinski definition) is 2. The van der Waals surface area contributed by atoms with Crippen LogP contribution in [-0.4, -0.2) is 9.97 Å². The zero-order valence-corrected chi connectivity index (χ0v) is 14.1. The average Bonchev–Trinajstić information content (AvgIpc) is 2.69. The van der Waals surface area contributed by atoms with E-state index in [2.05, 4.69) is 49.4 Å². The largest absolute Gasteiger partial charge is 0.228 e. The first-order chi connectivity index (χ1) is 12.3. The normalized spacial score (nSPS) is 10.6. The molecule has 0 fully saturated rings. The van der Waals surface area contributed by atoms with E-state index in [9.17, 15) is 0 Å². The Labute approximate surface area is 147 Å². The third-order valence-electron chi connectivity index (χ3n) is 4.25. The molecular formula is C23H18N2. The van der Waals surface area contributed by atoms with Crippen LogP contribution in [0.2, 0.25) is 0 Å². The Hall–Kier alpha value is -3.26. The summed E-state index contributed by atoms with van der Waals surface area (Å²) in [5.74, 6) is 0.750. The predicted molar refractivity (Wildman–Crippen MR) is 103 cm³/mol. The Morgan fingerprint density at radius 2 is 1.12 bits per heavy atom. The van der Waals surface area contributed by atoms with Crippen LogP contribution in [0.25, 0.3) is 33.9 Å². The van der Waals surface area contributed by atoms with E-state index in [0.29, 0.717) is 0 Å². The molecule has 0 aliphatic rings. The summed E-state index contributed by atoms with van der Waals surface area (Å²) in [7, 11) is 0. The SMILES string of the molecule is Cc1ccccc1-c1cc(-c2ccccc2)nc(-c2ccccc2)n1. The van der Waals surface area contributed by atoms with Crippen molar-refractivity contribution in [2.24, 2.45) is 0 Å². The molecule has 3 aromatic carbocycles. The molecule has 120 valence electrons. The molecule has 0 radical (unpaired) electrons. The third-order valence-corrected chi connectivity index (χ3v) is 4.25. The van der Waals surface area contributed by atoms with Crippen LogP contribution in [-0.2, 0) is 0 Å². The molecular weight excluding hydrogens is 304 g/mol. The van der Waals surface area contributed by atoms with Crippen LogP contribution in [0.4, 0.5) is 0 Å². The highest BCUT2D eigenvalue weighted by molar-refractivity contribution is 5.73. The monoisotopic (exact) mass is 322 g/mol. The molecule has 0 unspecified atom stereocenters. The van der Waals surface area contributed by atoms with Crippen molar-refractivity contribution in [3.8, 4) is 33.9 Å². The molecule has 1 heterocycles. The van der Waals surface area contributed by atoms with Crippen molar-refractivity contribution < 1.29 is 0 Å². The van der Waals surface area contributed by atoms with Crippen LogP contribution < -0.4 is 0 Å². The third kappa shape index (κ3) is 3.20. The summed E-state index contributed by atoms with van der Waals surface area (Å²) in [6.07, 6.45) is 0. The summed E-state index contributed by atoms with van der Waals surface area (Å²) < 4.78 is 0. The van der Waals surface area contributed by atoms with E-state index in [4.69, 9.17) is 9.97 Å². The minimum atomic E-state index is 0.750. The van der Waals surface area contributed by atoms with Gasteiger partial charge in [0.1, 0.15) is 0 Å². The number of rotatable bonds is 3. The van der Waals surface area contributed by atoms with E-state index >= 15 is 0 Å². The Balaban J connectivity index is 1.94. The van der Waals surface area contributed by atoms with Gasteiger partial charge in [0.25, 0.3) is 0 Å². The molecule has 2 heteroatoms. The number of hydrogen-bond donors (Lipinski definition) is 0. The van der Waals surface area contributed by atoms with Crippen molar-refractivity contribution in [1.82, 2.24) is 9.97 Å². The highest BCUT2D eigenvalue weighted by atomic mass is 14.9. The topological polar surface area (TPSA) is 25.8 Å². The second-order valence-corrected chi connectivity index (χ2v) is 6.01. The minimum Gasteiger partial charge on any atom is -0.228 e. The minimum absolute atomic E-state index is 0.750. The van der Waals surface area contributed by atoms with Crippen LogP contribution in [0, 0.1) is 6.92 Å². The van der Waals surface area contributed by atoms with E-state index in [0.717, 1.165) is 33.9 Å². The van der Waals surface area contributed by atoms with Gasteiger partial charge in [-0.3, -0.25) is 0 Å². The molecule has 0 saturated heterocycles. The first-order valence-electron chi connectivity index (χ1n) is 8.37. The molecule has 0 bridgehead atoms. The van der Waals surface area contributed by atoms with Gasteiger partial charge in [-0.2, -0.15) is 0 Å². The summed E-state index contributed by atoms with van der Waals surface area (Å²) in [5, 5.41) is 0. The fourth-order valence-electron chi connectivity index (χ4n) is 2.92. The lowest BCUT2D eigenvalue weighted by Gasteiger charge is -2.10. The Bertz CT molecular complexity index is 935. The molecule has 0 atom stereocenters. The maximum absolute atomic E-state index is 4.85. The van der Waals surface area contributed by atoms with Gasteiger partial charge in [-0.25, -0.2) is 9.97 Å². The molecule has 0 aliphatic carbocycles. The number of aryl methyl sites for hydroxylation is 1. The standard InChI is InChI=1S/C23H18N2/c1-17-10-8-9-15-20(17)22-16-21(18-11-4-2-5-12-18)24-23(25-22)19-13-6-3-7-14-19/h2-16H,1H3. The summed E-state index contributed by atoms with van der Waals surface area (Å²) in [4.78, 5) is 9.67. The maximum atomic E-state index is 4.85. The molecule has 4 aromatic rings. The summed E-state index contributed by atoms with van der Waals surface area (Å²) >= 11 is 0. The number of benzene rings is 3. The van der Waals surface area contributed by atoms with Crippen molar-refractivity contribution in [1.29, 1.82) is 0 Å². The van der Waals surface area contributed by atoms with Gasteiger partial charge in [0.15, 0.2) is 5.82 Å². The van der Waals surface area contributed by atoms with Crippen LogP contribution >= 0.6 is 0 Å². The molecule has 1 aromatic heterocycles. The first-order valence-corrected chi connectivity index (χ1v) is 8.37. The zero-order chi connectivity index (χ0) is 17.1. The lowest BCUT2D eigenvalue weighted by molar-refractivity contribution is 1.18. The summed E-state index contributed by atoms with van der Waals surface area (Å²) in [5.41, 5.74) is 6.35. The molecule has 2 nitrogen and oxygen atoms in total. The molecule has 0 amide bonds. The van der Waals surface area contributed by atoms with Gasteiger partial charge in [-0.05, 0) is 18.6 Å². The summed E-state index contributed by atoms with van der Waals surface area (Å²) in [6, 6.07) is 30.8. The quantitative estimate of drug-likeness (QED) is 0.477. The molecule has 0 saturated carbocycles. The lowest BCUT2D eigenvalue weighted by atomic mass is 10.0. The smallest absolute Gasteiger partial charge is 0.160 e. The maximum Gasteiger partial charge on any atom is 0.160 e. The highest BCUT2D eigenvalue weighted by Crippen LogP contribution is 2.28. The van der Waals surface area contributed by atoms with Crippen LogP contribution in [0.5, 0.6) is 0 Å². The van der Waals surface area contributed by atoms with Gasteiger partial charge in [0, 0.05) is 16.7 Å². The Morgan fingerprint density at radius 1 is 0.560 bits per heavy atom. The van der Waals surface area contributed by atoms with Gasteiger partial charge in [0.05, 0.1) is 11.4 Å². The predicted octanol–water partition coefficient (Wildman–Crippen LogP) is 5.79.